The predicted molar refractivity (Wildman–Crippen MR) is 84.8 cm³/mol. The maximum atomic E-state index is 13.1. The Balaban J connectivity index is 1.60. The molecule has 23 heavy (non-hydrogen) atoms. The van der Waals surface area contributed by atoms with Crippen molar-refractivity contribution in [3.05, 3.63) is 58.3 Å². The lowest BCUT2D eigenvalue weighted by Crippen LogP contribution is -2.27. The lowest BCUT2D eigenvalue weighted by Gasteiger charge is -2.27. The van der Waals surface area contributed by atoms with Gasteiger partial charge in [-0.25, -0.2) is 9.37 Å². The molecule has 0 aliphatic carbocycles. The predicted octanol–water partition coefficient (Wildman–Crippen LogP) is 2.68. The summed E-state index contributed by atoms with van der Waals surface area (Å²) < 4.78 is 24.7. The van der Waals surface area contributed by atoms with Gasteiger partial charge in [-0.3, -0.25) is 4.79 Å². The molecule has 0 radical (unpaired) electrons. The number of benzene rings is 1. The van der Waals surface area contributed by atoms with Gasteiger partial charge in [0, 0.05) is 30.0 Å². The number of ether oxygens (including phenoxy) is 2. The number of nitrogens with one attached hydrogen (secondary N) is 1. The molecule has 1 N–H and O–H groups in total. The minimum Gasteiger partial charge on any atom is -0.343 e. The first-order valence-electron chi connectivity index (χ1n) is 7.40. The Bertz CT molecular complexity index is 699. The summed E-state index contributed by atoms with van der Waals surface area (Å²) in [5.74, 6) is -0.314. The van der Waals surface area contributed by atoms with E-state index in [0.29, 0.717) is 24.8 Å². The molecule has 3 rings (SSSR count). The fourth-order valence-electron chi connectivity index (χ4n) is 2.51. The molecule has 122 valence electrons. The Morgan fingerprint density at radius 3 is 2.65 bits per heavy atom. The standard InChI is InChI=1S/C16H17FN2O3S/c17-13-4-2-12(3-5-13)16(21-9-10-22-16)7-1-11-23-15-18-8-6-14(20)19-15/h2-6,8H,1,7,9-11H2,(H,18,19,20). The van der Waals surface area contributed by atoms with Crippen LogP contribution in [-0.2, 0) is 15.3 Å². The average molecular weight is 336 g/mol. The van der Waals surface area contributed by atoms with E-state index in [1.807, 2.05) is 0 Å². The lowest BCUT2D eigenvalue weighted by molar-refractivity contribution is -0.170. The van der Waals surface area contributed by atoms with Crippen LogP contribution in [0.2, 0.25) is 0 Å². The molecule has 2 aromatic rings. The van der Waals surface area contributed by atoms with Gasteiger partial charge in [0.05, 0.1) is 13.2 Å². The molecule has 1 fully saturated rings. The normalized spacial score (nSPS) is 16.6. The van der Waals surface area contributed by atoms with Crippen molar-refractivity contribution in [3.8, 4) is 0 Å². The van der Waals surface area contributed by atoms with Crippen molar-refractivity contribution in [2.24, 2.45) is 0 Å². The molecule has 2 heterocycles. The highest BCUT2D eigenvalue weighted by Crippen LogP contribution is 2.36. The minimum atomic E-state index is -0.800. The number of thioether (sulfide) groups is 1. The molecule has 0 spiro atoms. The number of hydrogen-bond acceptors (Lipinski definition) is 5. The Hall–Kier alpha value is -1.70. The minimum absolute atomic E-state index is 0.159. The van der Waals surface area contributed by atoms with Crippen LogP contribution in [0.4, 0.5) is 4.39 Å². The second-order valence-corrected chi connectivity index (χ2v) is 6.23. The number of nitrogens with zero attached hydrogens (tertiary/aromatic N) is 1. The second kappa shape index (κ2) is 7.25. The number of hydrogen-bond donors (Lipinski definition) is 1. The zero-order valence-corrected chi connectivity index (χ0v) is 13.3. The van der Waals surface area contributed by atoms with E-state index in [0.717, 1.165) is 17.7 Å². The first kappa shape index (κ1) is 16.2. The summed E-state index contributed by atoms with van der Waals surface area (Å²) in [6.45, 7) is 1.05. The van der Waals surface area contributed by atoms with Crippen LogP contribution < -0.4 is 5.56 Å². The summed E-state index contributed by atoms with van der Waals surface area (Å²) in [7, 11) is 0. The highest BCUT2D eigenvalue weighted by atomic mass is 32.2. The topological polar surface area (TPSA) is 64.2 Å². The third-order valence-corrected chi connectivity index (χ3v) is 4.55. The van der Waals surface area contributed by atoms with Crippen LogP contribution in [0.5, 0.6) is 0 Å². The van der Waals surface area contributed by atoms with Gasteiger partial charge in [0.1, 0.15) is 5.82 Å². The molecule has 1 aromatic carbocycles. The number of aromatic nitrogens is 2. The summed E-state index contributed by atoms with van der Waals surface area (Å²) in [5, 5.41) is 0.599. The van der Waals surface area contributed by atoms with Gasteiger partial charge in [-0.2, -0.15) is 0 Å². The average Bonchev–Trinajstić information content (AvgIpc) is 3.02. The molecule has 0 amide bonds. The van der Waals surface area contributed by atoms with Gasteiger partial charge in [-0.15, -0.1) is 0 Å². The first-order chi connectivity index (χ1) is 11.2. The van der Waals surface area contributed by atoms with Gasteiger partial charge >= 0.3 is 0 Å². The molecule has 1 aliphatic heterocycles. The van der Waals surface area contributed by atoms with Gasteiger partial charge < -0.3 is 14.5 Å². The quantitative estimate of drug-likeness (QED) is 0.499. The molecule has 0 atom stereocenters. The van der Waals surface area contributed by atoms with Gasteiger partial charge in [-0.1, -0.05) is 23.9 Å². The summed E-state index contributed by atoms with van der Waals surface area (Å²) >= 11 is 1.48. The zero-order chi connectivity index (χ0) is 16.1. The van der Waals surface area contributed by atoms with Crippen molar-refractivity contribution in [1.82, 2.24) is 9.97 Å². The third kappa shape index (κ3) is 3.99. The van der Waals surface area contributed by atoms with E-state index in [4.69, 9.17) is 9.47 Å². The highest BCUT2D eigenvalue weighted by Gasteiger charge is 2.37. The Morgan fingerprint density at radius 2 is 1.96 bits per heavy atom. The van der Waals surface area contributed by atoms with Crippen molar-refractivity contribution in [2.45, 2.75) is 23.8 Å². The fraction of sp³-hybridized carbons (Fsp3) is 0.375. The van der Waals surface area contributed by atoms with Crippen molar-refractivity contribution in [3.63, 3.8) is 0 Å². The summed E-state index contributed by atoms with van der Waals surface area (Å²) in [6, 6.07) is 7.60. The smallest absolute Gasteiger partial charge is 0.251 e. The molecule has 0 unspecified atom stereocenters. The van der Waals surface area contributed by atoms with Crippen LogP contribution >= 0.6 is 11.8 Å². The molecule has 0 bridgehead atoms. The molecule has 5 nitrogen and oxygen atoms in total. The highest BCUT2D eigenvalue weighted by molar-refractivity contribution is 7.99. The van der Waals surface area contributed by atoms with Crippen molar-refractivity contribution in [2.75, 3.05) is 19.0 Å². The lowest BCUT2D eigenvalue weighted by atomic mass is 10.0. The van der Waals surface area contributed by atoms with Crippen LogP contribution in [0.1, 0.15) is 18.4 Å². The van der Waals surface area contributed by atoms with Gasteiger partial charge in [-0.05, 0) is 18.6 Å². The molecule has 1 aromatic heterocycles. The van der Waals surface area contributed by atoms with Gasteiger partial charge in [0.15, 0.2) is 10.9 Å². The maximum absolute atomic E-state index is 13.1. The van der Waals surface area contributed by atoms with Crippen LogP contribution in [0.25, 0.3) is 0 Å². The van der Waals surface area contributed by atoms with Crippen molar-refractivity contribution >= 4 is 11.8 Å². The van der Waals surface area contributed by atoms with E-state index in [2.05, 4.69) is 9.97 Å². The molecular formula is C16H17FN2O3S. The largest absolute Gasteiger partial charge is 0.343 e. The van der Waals surface area contributed by atoms with Crippen LogP contribution in [0.15, 0.2) is 46.5 Å². The van der Waals surface area contributed by atoms with Crippen LogP contribution in [-0.4, -0.2) is 28.9 Å². The Morgan fingerprint density at radius 1 is 1.22 bits per heavy atom. The van der Waals surface area contributed by atoms with Crippen LogP contribution in [0, 0.1) is 5.82 Å². The number of halogens is 1. The molecule has 0 saturated carbocycles. The number of rotatable bonds is 6. The summed E-state index contributed by atoms with van der Waals surface area (Å²) in [6.07, 6.45) is 2.95. The summed E-state index contributed by atoms with van der Waals surface area (Å²) in [4.78, 5) is 18.0. The van der Waals surface area contributed by atoms with Crippen LogP contribution in [0.3, 0.4) is 0 Å². The number of H-pyrrole nitrogens is 1. The first-order valence-corrected chi connectivity index (χ1v) is 8.39. The van der Waals surface area contributed by atoms with E-state index >= 15 is 0 Å². The van der Waals surface area contributed by atoms with Gasteiger partial charge in [0.2, 0.25) is 0 Å². The second-order valence-electron chi connectivity index (χ2n) is 5.15. The zero-order valence-electron chi connectivity index (χ0n) is 12.5. The molecule has 1 saturated heterocycles. The van der Waals surface area contributed by atoms with Gasteiger partial charge in [0.25, 0.3) is 5.56 Å². The van der Waals surface area contributed by atoms with E-state index < -0.39 is 5.79 Å². The van der Waals surface area contributed by atoms with E-state index in [1.165, 1.54) is 36.2 Å². The van der Waals surface area contributed by atoms with Crippen molar-refractivity contribution < 1.29 is 13.9 Å². The van der Waals surface area contributed by atoms with E-state index in [-0.39, 0.29) is 11.4 Å². The molecule has 1 aliphatic rings. The molecule has 7 heteroatoms. The summed E-state index contributed by atoms with van der Waals surface area (Å²) in [5.41, 5.74) is 0.667. The molecular weight excluding hydrogens is 319 g/mol. The maximum Gasteiger partial charge on any atom is 0.251 e. The SMILES string of the molecule is O=c1ccnc(SCCCC2(c3ccc(F)cc3)OCCO2)[nH]1. The Kier molecular flexibility index (Phi) is 5.09. The third-order valence-electron chi connectivity index (χ3n) is 3.57. The fourth-order valence-corrected chi connectivity index (χ4v) is 3.30. The van der Waals surface area contributed by atoms with E-state index in [1.54, 1.807) is 12.1 Å². The Labute approximate surface area is 137 Å². The van der Waals surface area contributed by atoms with Crippen molar-refractivity contribution in [1.29, 1.82) is 0 Å². The van der Waals surface area contributed by atoms with E-state index in [9.17, 15) is 9.18 Å². The number of aromatic amines is 1. The monoisotopic (exact) mass is 336 g/mol.